The molecule has 2 unspecified atom stereocenters. The number of carbonyl (C=O) groups is 3. The van der Waals surface area contributed by atoms with Gasteiger partial charge in [0.25, 0.3) is 0 Å². The van der Waals surface area contributed by atoms with Gasteiger partial charge in [0.1, 0.15) is 11.6 Å². The van der Waals surface area contributed by atoms with Gasteiger partial charge in [0, 0.05) is 20.1 Å². The molecule has 186 valence electrons. The molecular weight excluding hydrogens is 438 g/mol. The Morgan fingerprint density at radius 1 is 1.24 bits per heavy atom. The summed E-state index contributed by atoms with van der Waals surface area (Å²) in [4.78, 5) is 49.4. The molecule has 1 aliphatic heterocycles. The molecule has 9 heteroatoms. The zero-order valence-electron chi connectivity index (χ0n) is 20.7. The third kappa shape index (κ3) is 5.75. The lowest BCUT2D eigenvalue weighted by Gasteiger charge is -2.24. The van der Waals surface area contributed by atoms with Gasteiger partial charge in [0.2, 0.25) is 11.8 Å². The first kappa shape index (κ1) is 25.7. The Kier molecular flexibility index (Phi) is 7.97. The molecule has 2 heterocycles. The van der Waals surface area contributed by atoms with Crippen LogP contribution in [0.4, 0.5) is 0 Å². The maximum atomic E-state index is 13.0. The van der Waals surface area contributed by atoms with E-state index in [0.717, 1.165) is 17.5 Å². The van der Waals surface area contributed by atoms with Crippen LogP contribution in [0.2, 0.25) is 0 Å². The van der Waals surface area contributed by atoms with Gasteiger partial charge in [0.05, 0.1) is 11.0 Å². The van der Waals surface area contributed by atoms with E-state index in [1.807, 2.05) is 45.9 Å². The van der Waals surface area contributed by atoms with Crippen molar-refractivity contribution in [2.75, 3.05) is 6.61 Å². The second-order valence-electron chi connectivity index (χ2n) is 9.75. The molecule has 2 aromatic rings. The van der Waals surface area contributed by atoms with Crippen LogP contribution < -0.4 is 11.0 Å². The molecule has 0 spiro atoms. The Hall–Kier alpha value is -2.94. The summed E-state index contributed by atoms with van der Waals surface area (Å²) in [7, 11) is 1.69. The van der Waals surface area contributed by atoms with Gasteiger partial charge in [-0.1, -0.05) is 25.5 Å². The highest BCUT2D eigenvalue weighted by atomic mass is 16.6. The lowest BCUT2D eigenvalue weighted by atomic mass is 10.0. The van der Waals surface area contributed by atoms with Crippen molar-refractivity contribution in [3.05, 3.63) is 34.2 Å². The second kappa shape index (κ2) is 10.5. The molecule has 1 N–H and O–H groups in total. The third-order valence-corrected chi connectivity index (χ3v) is 5.84. The van der Waals surface area contributed by atoms with Crippen molar-refractivity contribution < 1.29 is 23.9 Å². The van der Waals surface area contributed by atoms with E-state index in [0.29, 0.717) is 37.8 Å². The normalized spacial score (nSPS) is 17.6. The molecular formula is C25H35N3O6. The summed E-state index contributed by atoms with van der Waals surface area (Å²) >= 11 is 0. The molecule has 1 saturated heterocycles. The highest BCUT2D eigenvalue weighted by molar-refractivity contribution is 6.00. The van der Waals surface area contributed by atoms with Gasteiger partial charge >= 0.3 is 11.7 Å². The van der Waals surface area contributed by atoms with Crippen LogP contribution >= 0.6 is 0 Å². The number of fused-ring (bicyclic) bond motifs is 1. The molecule has 1 aliphatic rings. The van der Waals surface area contributed by atoms with Crippen molar-refractivity contribution in [2.24, 2.45) is 7.05 Å². The minimum absolute atomic E-state index is 0.201. The summed E-state index contributed by atoms with van der Waals surface area (Å²) in [5, 5.41) is 2.33. The second-order valence-corrected chi connectivity index (χ2v) is 9.75. The molecule has 0 aliphatic carbocycles. The van der Waals surface area contributed by atoms with Crippen molar-refractivity contribution >= 4 is 28.8 Å². The number of aromatic nitrogens is 2. The minimum Gasteiger partial charge on any atom is -0.458 e. The summed E-state index contributed by atoms with van der Waals surface area (Å²) in [5.74, 6) is -1.11. The number of imide groups is 1. The van der Waals surface area contributed by atoms with Crippen LogP contribution in [-0.2, 0) is 37.3 Å². The van der Waals surface area contributed by atoms with Gasteiger partial charge in [-0.3, -0.25) is 24.0 Å². The molecule has 2 atom stereocenters. The van der Waals surface area contributed by atoms with Gasteiger partial charge in [-0.2, -0.15) is 0 Å². The third-order valence-electron chi connectivity index (χ3n) is 5.84. The fourth-order valence-electron chi connectivity index (χ4n) is 4.34. The smallest absolute Gasteiger partial charge is 0.335 e. The number of imidazole rings is 1. The maximum Gasteiger partial charge on any atom is 0.335 e. The van der Waals surface area contributed by atoms with Gasteiger partial charge < -0.3 is 9.47 Å². The average Bonchev–Trinajstić information content (AvgIpc) is 3.00. The SMILES string of the molecule is CCCC(OCCCc1cccc2c1n(C)c(=O)n2C1CCC(=O)NC1=O)C(=O)OC(C)(C)C. The fourth-order valence-corrected chi connectivity index (χ4v) is 4.34. The zero-order chi connectivity index (χ0) is 25.0. The van der Waals surface area contributed by atoms with Crippen LogP contribution in [0.15, 0.2) is 23.0 Å². The van der Waals surface area contributed by atoms with Gasteiger partial charge in [-0.05, 0) is 58.1 Å². The van der Waals surface area contributed by atoms with Gasteiger partial charge in [-0.25, -0.2) is 9.59 Å². The predicted octanol–water partition coefficient (Wildman–Crippen LogP) is 2.78. The zero-order valence-corrected chi connectivity index (χ0v) is 20.7. The Morgan fingerprint density at radius 2 is 1.97 bits per heavy atom. The Bertz CT molecular complexity index is 1120. The van der Waals surface area contributed by atoms with E-state index < -0.39 is 23.7 Å². The molecule has 0 saturated carbocycles. The quantitative estimate of drug-likeness (QED) is 0.341. The van der Waals surface area contributed by atoms with Gasteiger partial charge in [-0.15, -0.1) is 0 Å². The van der Waals surface area contributed by atoms with Crippen LogP contribution in [0, 0.1) is 0 Å². The average molecular weight is 474 g/mol. The molecule has 1 fully saturated rings. The van der Waals surface area contributed by atoms with E-state index >= 15 is 0 Å². The lowest BCUT2D eigenvalue weighted by molar-refractivity contribution is -0.169. The van der Waals surface area contributed by atoms with Crippen molar-refractivity contribution in [3.63, 3.8) is 0 Å². The Morgan fingerprint density at radius 3 is 2.62 bits per heavy atom. The summed E-state index contributed by atoms with van der Waals surface area (Å²) in [6, 6.07) is 4.92. The standard InChI is InChI=1S/C25H35N3O6/c1-6-9-19(23(31)34-25(2,3)4)33-15-8-11-16-10-7-12-17-21(16)27(5)24(32)28(17)18-13-14-20(29)26-22(18)30/h7,10,12,18-19H,6,8-9,11,13-15H2,1-5H3,(H,26,29,30). The first-order valence-electron chi connectivity index (χ1n) is 11.9. The number of rotatable bonds is 9. The molecule has 2 amide bonds. The van der Waals surface area contributed by atoms with E-state index in [9.17, 15) is 19.2 Å². The molecule has 0 bridgehead atoms. The Balaban J connectivity index is 1.74. The van der Waals surface area contributed by atoms with Crippen molar-refractivity contribution in [3.8, 4) is 0 Å². The highest BCUT2D eigenvalue weighted by Crippen LogP contribution is 2.25. The van der Waals surface area contributed by atoms with Crippen LogP contribution in [-0.4, -0.2) is 45.2 Å². The number of hydrogen-bond donors (Lipinski definition) is 1. The first-order chi connectivity index (χ1) is 16.0. The summed E-state index contributed by atoms with van der Waals surface area (Å²) < 4.78 is 14.4. The number of carbonyl (C=O) groups excluding carboxylic acids is 3. The molecule has 1 aromatic heterocycles. The topological polar surface area (TPSA) is 109 Å². The van der Waals surface area contributed by atoms with E-state index in [-0.39, 0.29) is 24.0 Å². The number of hydrogen-bond acceptors (Lipinski definition) is 6. The number of ether oxygens (including phenoxy) is 2. The number of para-hydroxylation sites is 1. The summed E-state index contributed by atoms with van der Waals surface area (Å²) in [5.41, 5.74) is 1.52. The number of benzene rings is 1. The molecule has 9 nitrogen and oxygen atoms in total. The van der Waals surface area contributed by atoms with Crippen LogP contribution in [0.3, 0.4) is 0 Å². The number of piperidine rings is 1. The van der Waals surface area contributed by atoms with Crippen LogP contribution in [0.5, 0.6) is 0 Å². The molecule has 34 heavy (non-hydrogen) atoms. The number of nitrogens with zero attached hydrogens (tertiary/aromatic N) is 2. The fraction of sp³-hybridized carbons (Fsp3) is 0.600. The molecule has 0 radical (unpaired) electrons. The van der Waals surface area contributed by atoms with Crippen LogP contribution in [0.1, 0.15) is 71.4 Å². The van der Waals surface area contributed by atoms with E-state index in [1.54, 1.807) is 11.6 Å². The van der Waals surface area contributed by atoms with Gasteiger partial charge in [0.15, 0.2) is 6.10 Å². The predicted molar refractivity (Wildman–Crippen MR) is 127 cm³/mol. The number of amides is 2. The first-order valence-corrected chi connectivity index (χ1v) is 11.9. The number of aryl methyl sites for hydroxylation is 2. The van der Waals surface area contributed by atoms with E-state index in [4.69, 9.17) is 9.47 Å². The minimum atomic E-state index is -0.712. The number of nitrogens with one attached hydrogen (secondary N) is 1. The van der Waals surface area contributed by atoms with Crippen LogP contribution in [0.25, 0.3) is 11.0 Å². The van der Waals surface area contributed by atoms with Crippen molar-refractivity contribution in [1.29, 1.82) is 0 Å². The monoisotopic (exact) mass is 473 g/mol. The summed E-state index contributed by atoms with van der Waals surface area (Å²) in [6.07, 6.45) is 2.58. The molecule has 3 rings (SSSR count). The van der Waals surface area contributed by atoms with Crippen molar-refractivity contribution in [1.82, 2.24) is 14.5 Å². The van der Waals surface area contributed by atoms with E-state index in [1.165, 1.54) is 4.57 Å². The largest absolute Gasteiger partial charge is 0.458 e. The Labute approximate surface area is 199 Å². The maximum absolute atomic E-state index is 13.0. The number of esters is 1. The lowest BCUT2D eigenvalue weighted by Crippen LogP contribution is -2.44. The van der Waals surface area contributed by atoms with Crippen molar-refractivity contribution in [2.45, 2.75) is 84.0 Å². The molecule has 1 aromatic carbocycles. The summed E-state index contributed by atoms with van der Waals surface area (Å²) in [6.45, 7) is 7.87. The van der Waals surface area contributed by atoms with E-state index in [2.05, 4.69) is 5.32 Å². The highest BCUT2D eigenvalue weighted by Gasteiger charge is 2.31.